The Kier molecular flexibility index (Phi) is 4.84. The first-order valence-electron chi connectivity index (χ1n) is 7.19. The lowest BCUT2D eigenvalue weighted by Gasteiger charge is -2.10. The van der Waals surface area contributed by atoms with Crippen LogP contribution in [0.15, 0.2) is 48.5 Å². The van der Waals surface area contributed by atoms with Gasteiger partial charge in [-0.15, -0.1) is 0 Å². The van der Waals surface area contributed by atoms with E-state index >= 15 is 0 Å². The van der Waals surface area contributed by atoms with Crippen molar-refractivity contribution in [1.29, 1.82) is 0 Å². The predicted octanol–water partition coefficient (Wildman–Crippen LogP) is 4.64. The summed E-state index contributed by atoms with van der Waals surface area (Å²) in [4.78, 5) is 4.49. The quantitative estimate of drug-likeness (QED) is 0.674. The molecule has 0 fully saturated rings. The lowest BCUT2D eigenvalue weighted by molar-refractivity contribution is 0.292. The van der Waals surface area contributed by atoms with Gasteiger partial charge in [-0.3, -0.25) is 0 Å². The van der Waals surface area contributed by atoms with E-state index in [0.717, 1.165) is 17.2 Å². The second-order valence-corrected chi connectivity index (χ2v) is 5.79. The fourth-order valence-corrected chi connectivity index (χ4v) is 2.77. The number of aromatic nitrogens is 3. The van der Waals surface area contributed by atoms with Crippen molar-refractivity contribution in [2.24, 2.45) is 0 Å². The zero-order valence-corrected chi connectivity index (χ0v) is 14.1. The zero-order valence-electron chi connectivity index (χ0n) is 12.5. The Morgan fingerprint density at radius 3 is 2.39 bits per heavy atom. The van der Waals surface area contributed by atoms with E-state index < -0.39 is 0 Å². The highest BCUT2D eigenvalue weighted by Crippen LogP contribution is 2.32. The molecule has 0 saturated heterocycles. The van der Waals surface area contributed by atoms with Gasteiger partial charge < -0.3 is 4.74 Å². The van der Waals surface area contributed by atoms with Gasteiger partial charge in [-0.25, -0.2) is 9.67 Å². The molecule has 0 unspecified atom stereocenters. The molecule has 0 aliphatic carbocycles. The highest BCUT2D eigenvalue weighted by atomic mass is 35.5. The molecule has 0 saturated carbocycles. The molecule has 0 aliphatic rings. The standard InChI is InChI=1S/C17H15Cl2N3O/c1-12-20-17(13-6-3-2-4-7-13)22(21-12)10-11-23-16-14(18)8-5-9-15(16)19/h2-9H,10-11H2,1H3. The number of nitrogens with zero attached hydrogens (tertiary/aromatic N) is 3. The van der Waals surface area contributed by atoms with Crippen LogP contribution in [0.4, 0.5) is 0 Å². The van der Waals surface area contributed by atoms with Crippen LogP contribution in [0.2, 0.25) is 10.0 Å². The molecule has 1 aromatic heterocycles. The number of aryl methyl sites for hydroxylation is 1. The number of benzene rings is 2. The lowest BCUT2D eigenvalue weighted by Crippen LogP contribution is -2.11. The maximum absolute atomic E-state index is 6.10. The number of ether oxygens (including phenoxy) is 1. The molecule has 0 spiro atoms. The second kappa shape index (κ2) is 7.02. The van der Waals surface area contributed by atoms with Gasteiger partial charge in [0.25, 0.3) is 0 Å². The average Bonchev–Trinajstić information content (AvgIpc) is 2.92. The van der Waals surface area contributed by atoms with Gasteiger partial charge in [0.1, 0.15) is 12.4 Å². The lowest BCUT2D eigenvalue weighted by atomic mass is 10.2. The molecule has 0 atom stereocenters. The van der Waals surface area contributed by atoms with Gasteiger partial charge in [0.2, 0.25) is 0 Å². The van der Waals surface area contributed by atoms with Crippen molar-refractivity contribution in [2.75, 3.05) is 6.61 Å². The first-order valence-corrected chi connectivity index (χ1v) is 7.94. The van der Waals surface area contributed by atoms with E-state index in [0.29, 0.717) is 28.9 Å². The number of hydrogen-bond acceptors (Lipinski definition) is 3. The minimum absolute atomic E-state index is 0.395. The van der Waals surface area contributed by atoms with Gasteiger partial charge in [-0.05, 0) is 19.1 Å². The van der Waals surface area contributed by atoms with E-state index in [1.54, 1.807) is 18.2 Å². The number of halogens is 2. The number of rotatable bonds is 5. The van der Waals surface area contributed by atoms with E-state index in [-0.39, 0.29) is 0 Å². The van der Waals surface area contributed by atoms with Crippen LogP contribution in [0, 0.1) is 6.92 Å². The molecule has 0 bridgehead atoms. The Balaban J connectivity index is 1.74. The summed E-state index contributed by atoms with van der Waals surface area (Å²) in [5.74, 6) is 2.03. The van der Waals surface area contributed by atoms with Crippen molar-refractivity contribution < 1.29 is 4.74 Å². The fourth-order valence-electron chi connectivity index (χ4n) is 2.27. The monoisotopic (exact) mass is 347 g/mol. The van der Waals surface area contributed by atoms with Crippen LogP contribution in [0.3, 0.4) is 0 Å². The minimum atomic E-state index is 0.395. The summed E-state index contributed by atoms with van der Waals surface area (Å²) in [6, 6.07) is 15.2. The molecular weight excluding hydrogens is 333 g/mol. The molecule has 6 heteroatoms. The van der Waals surface area contributed by atoms with Crippen molar-refractivity contribution in [3.05, 3.63) is 64.4 Å². The van der Waals surface area contributed by atoms with Crippen LogP contribution >= 0.6 is 23.2 Å². The summed E-state index contributed by atoms with van der Waals surface area (Å²) < 4.78 is 7.55. The number of para-hydroxylation sites is 1. The van der Waals surface area contributed by atoms with Crippen molar-refractivity contribution in [1.82, 2.24) is 14.8 Å². The molecule has 0 aliphatic heterocycles. The van der Waals surface area contributed by atoms with E-state index in [1.807, 2.05) is 41.9 Å². The highest BCUT2D eigenvalue weighted by molar-refractivity contribution is 6.37. The van der Waals surface area contributed by atoms with Gasteiger partial charge in [0.05, 0.1) is 16.6 Å². The molecule has 118 valence electrons. The molecule has 4 nitrogen and oxygen atoms in total. The first kappa shape index (κ1) is 15.8. The van der Waals surface area contributed by atoms with Crippen LogP contribution in [0.1, 0.15) is 5.82 Å². The van der Waals surface area contributed by atoms with Gasteiger partial charge in [-0.1, -0.05) is 59.6 Å². The summed E-state index contributed by atoms with van der Waals surface area (Å²) in [7, 11) is 0. The Morgan fingerprint density at radius 2 is 1.70 bits per heavy atom. The van der Waals surface area contributed by atoms with E-state index in [1.165, 1.54) is 0 Å². The van der Waals surface area contributed by atoms with Crippen molar-refractivity contribution in [3.63, 3.8) is 0 Å². The predicted molar refractivity (Wildman–Crippen MR) is 92.2 cm³/mol. The van der Waals surface area contributed by atoms with Gasteiger partial charge >= 0.3 is 0 Å². The minimum Gasteiger partial charge on any atom is -0.489 e. The third-order valence-corrected chi connectivity index (χ3v) is 3.87. The van der Waals surface area contributed by atoms with Crippen LogP contribution in [0.25, 0.3) is 11.4 Å². The maximum atomic E-state index is 6.10. The third-order valence-electron chi connectivity index (χ3n) is 3.28. The van der Waals surface area contributed by atoms with Crippen molar-refractivity contribution in [2.45, 2.75) is 13.5 Å². The van der Waals surface area contributed by atoms with Crippen molar-refractivity contribution in [3.8, 4) is 17.1 Å². The van der Waals surface area contributed by atoms with Crippen LogP contribution in [-0.4, -0.2) is 21.4 Å². The smallest absolute Gasteiger partial charge is 0.158 e. The normalized spacial score (nSPS) is 10.7. The summed E-state index contributed by atoms with van der Waals surface area (Å²) in [5, 5.41) is 5.41. The summed E-state index contributed by atoms with van der Waals surface area (Å²) in [6.07, 6.45) is 0. The Bertz CT molecular complexity index is 783. The maximum Gasteiger partial charge on any atom is 0.158 e. The highest BCUT2D eigenvalue weighted by Gasteiger charge is 2.11. The van der Waals surface area contributed by atoms with E-state index in [9.17, 15) is 0 Å². The third kappa shape index (κ3) is 3.66. The molecule has 0 amide bonds. The summed E-state index contributed by atoms with van der Waals surface area (Å²) >= 11 is 12.2. The van der Waals surface area contributed by atoms with Gasteiger partial charge in [-0.2, -0.15) is 5.10 Å². The molecule has 3 rings (SSSR count). The molecular formula is C17H15Cl2N3O. The molecule has 0 N–H and O–H groups in total. The largest absolute Gasteiger partial charge is 0.489 e. The summed E-state index contributed by atoms with van der Waals surface area (Å²) in [6.45, 7) is 2.81. The topological polar surface area (TPSA) is 39.9 Å². The van der Waals surface area contributed by atoms with Crippen LogP contribution < -0.4 is 4.74 Å². The Labute approximate surface area is 144 Å². The molecule has 2 aromatic carbocycles. The van der Waals surface area contributed by atoms with Crippen molar-refractivity contribution >= 4 is 23.2 Å². The van der Waals surface area contributed by atoms with Gasteiger partial charge in [0.15, 0.2) is 11.6 Å². The van der Waals surface area contributed by atoms with Crippen LogP contribution in [-0.2, 0) is 6.54 Å². The average molecular weight is 348 g/mol. The molecule has 3 aromatic rings. The fraction of sp³-hybridized carbons (Fsp3) is 0.176. The second-order valence-electron chi connectivity index (χ2n) is 4.97. The van der Waals surface area contributed by atoms with Crippen LogP contribution in [0.5, 0.6) is 5.75 Å². The SMILES string of the molecule is Cc1nc(-c2ccccc2)n(CCOc2c(Cl)cccc2Cl)n1. The van der Waals surface area contributed by atoms with E-state index in [2.05, 4.69) is 10.1 Å². The molecule has 0 radical (unpaired) electrons. The zero-order chi connectivity index (χ0) is 16.2. The van der Waals surface area contributed by atoms with E-state index in [4.69, 9.17) is 27.9 Å². The number of hydrogen-bond donors (Lipinski definition) is 0. The molecule has 1 heterocycles. The molecule has 23 heavy (non-hydrogen) atoms. The Hall–Kier alpha value is -2.04. The Morgan fingerprint density at radius 1 is 1.00 bits per heavy atom. The first-order chi connectivity index (χ1) is 11.1. The summed E-state index contributed by atoms with van der Waals surface area (Å²) in [5.41, 5.74) is 1.02. The van der Waals surface area contributed by atoms with Gasteiger partial charge in [0, 0.05) is 5.56 Å².